The van der Waals surface area contributed by atoms with E-state index in [4.69, 9.17) is 14.2 Å². The van der Waals surface area contributed by atoms with Crippen molar-refractivity contribution in [1.82, 2.24) is 0 Å². The van der Waals surface area contributed by atoms with Crippen molar-refractivity contribution in [2.75, 3.05) is 27.4 Å². The second-order valence-corrected chi connectivity index (χ2v) is 6.15. The number of ether oxygens (including phenoxy) is 3. The van der Waals surface area contributed by atoms with Gasteiger partial charge in [-0.05, 0) is 24.1 Å². The number of methoxy groups -OCH3 is 2. The Morgan fingerprint density at radius 1 is 1.21 bits per heavy atom. The van der Waals surface area contributed by atoms with Crippen molar-refractivity contribution in [2.45, 2.75) is 31.6 Å². The van der Waals surface area contributed by atoms with Crippen molar-refractivity contribution in [3.05, 3.63) is 23.8 Å². The molecule has 0 radical (unpaired) electrons. The monoisotopic (exact) mass is 344 g/mol. The van der Waals surface area contributed by atoms with Crippen molar-refractivity contribution in [3.63, 3.8) is 0 Å². The smallest absolute Gasteiger partial charge is 0.310 e. The molecule has 0 spiro atoms. The molecule has 1 aromatic carbocycles. The quantitative estimate of drug-likeness (QED) is 0.697. The molecular formula is C17H22F2O5. The van der Waals surface area contributed by atoms with Gasteiger partial charge in [-0.15, -0.1) is 0 Å². The van der Waals surface area contributed by atoms with Crippen molar-refractivity contribution in [1.29, 1.82) is 0 Å². The number of carbonyl (C=O) groups is 1. The van der Waals surface area contributed by atoms with Gasteiger partial charge in [0.2, 0.25) is 5.92 Å². The second kappa shape index (κ2) is 7.34. The van der Waals surface area contributed by atoms with Crippen molar-refractivity contribution in [2.24, 2.45) is 5.41 Å². The number of rotatable bonds is 9. The lowest BCUT2D eigenvalue weighted by atomic mass is 9.63. The molecule has 5 nitrogen and oxygen atoms in total. The van der Waals surface area contributed by atoms with E-state index in [-0.39, 0.29) is 6.42 Å². The minimum Gasteiger partial charge on any atom is -0.493 e. The summed E-state index contributed by atoms with van der Waals surface area (Å²) in [4.78, 5) is 11.4. The summed E-state index contributed by atoms with van der Waals surface area (Å²) in [5.74, 6) is -3.10. The van der Waals surface area contributed by atoms with Crippen LogP contribution in [0.5, 0.6) is 11.5 Å². The minimum atomic E-state index is -2.90. The van der Waals surface area contributed by atoms with Gasteiger partial charge >= 0.3 is 5.97 Å². The minimum absolute atomic E-state index is 0.0380. The van der Waals surface area contributed by atoms with Crippen LogP contribution >= 0.6 is 0 Å². The molecule has 0 aromatic heterocycles. The van der Waals surface area contributed by atoms with Crippen molar-refractivity contribution in [3.8, 4) is 11.5 Å². The molecule has 2 rings (SSSR count). The van der Waals surface area contributed by atoms with E-state index in [1.807, 2.05) is 0 Å². The Bertz CT molecular complexity index is 580. The van der Waals surface area contributed by atoms with Gasteiger partial charge in [-0.2, -0.15) is 0 Å². The molecule has 1 N–H and O–H groups in total. The Morgan fingerprint density at radius 3 is 2.46 bits per heavy atom. The largest absolute Gasteiger partial charge is 0.493 e. The van der Waals surface area contributed by atoms with Crippen LogP contribution in [0.4, 0.5) is 8.78 Å². The average molecular weight is 344 g/mol. The Labute approximate surface area is 139 Å². The maximum Gasteiger partial charge on any atom is 0.310 e. The molecule has 0 aliphatic heterocycles. The molecule has 0 atom stereocenters. The summed E-state index contributed by atoms with van der Waals surface area (Å²) in [6.45, 7) is 0.967. The fourth-order valence-electron chi connectivity index (χ4n) is 3.01. The third kappa shape index (κ3) is 4.14. The van der Waals surface area contributed by atoms with E-state index in [1.54, 1.807) is 25.3 Å². The van der Waals surface area contributed by atoms with Gasteiger partial charge in [-0.25, -0.2) is 8.78 Å². The number of aliphatic carboxylic acids is 1. The number of carboxylic acids is 1. The second-order valence-electron chi connectivity index (χ2n) is 6.15. The van der Waals surface area contributed by atoms with Crippen LogP contribution in [0.1, 0.15) is 24.8 Å². The first-order valence-electron chi connectivity index (χ1n) is 7.72. The zero-order valence-corrected chi connectivity index (χ0v) is 13.8. The molecule has 1 aliphatic rings. The first-order chi connectivity index (χ1) is 11.3. The van der Waals surface area contributed by atoms with Crippen LogP contribution in [0.15, 0.2) is 18.2 Å². The summed E-state index contributed by atoms with van der Waals surface area (Å²) in [7, 11) is 3.10. The highest BCUT2D eigenvalue weighted by molar-refractivity contribution is 5.77. The molecule has 0 bridgehead atoms. The van der Waals surface area contributed by atoms with Crippen LogP contribution in [0.3, 0.4) is 0 Å². The molecule has 0 heterocycles. The van der Waals surface area contributed by atoms with Gasteiger partial charge in [0.15, 0.2) is 11.5 Å². The maximum atomic E-state index is 13.2. The Morgan fingerprint density at radius 2 is 1.92 bits per heavy atom. The lowest BCUT2D eigenvalue weighted by molar-refractivity contribution is -0.193. The number of hydrogen-bond acceptors (Lipinski definition) is 4. The van der Waals surface area contributed by atoms with Gasteiger partial charge in [-0.3, -0.25) is 4.79 Å². The van der Waals surface area contributed by atoms with E-state index in [9.17, 15) is 18.7 Å². The molecule has 7 heteroatoms. The third-order valence-electron chi connectivity index (χ3n) is 4.17. The fourth-order valence-corrected chi connectivity index (χ4v) is 3.01. The van der Waals surface area contributed by atoms with Crippen LogP contribution in [0.2, 0.25) is 0 Å². The van der Waals surface area contributed by atoms with E-state index in [2.05, 4.69) is 0 Å². The first-order valence-corrected chi connectivity index (χ1v) is 7.72. The SMILES string of the molecule is COCCCOc1cc(CC2(C(=O)O)CC(F)(F)C2)ccc1OC. The molecular weight excluding hydrogens is 322 g/mol. The number of carboxylic acid groups (broad SMARTS) is 1. The molecule has 134 valence electrons. The Kier molecular flexibility index (Phi) is 5.64. The van der Waals surface area contributed by atoms with E-state index in [0.29, 0.717) is 36.7 Å². The molecule has 0 unspecified atom stereocenters. The number of benzene rings is 1. The molecule has 24 heavy (non-hydrogen) atoms. The topological polar surface area (TPSA) is 65.0 Å². The fraction of sp³-hybridized carbons (Fsp3) is 0.588. The zero-order valence-electron chi connectivity index (χ0n) is 13.8. The van der Waals surface area contributed by atoms with Gasteiger partial charge in [0, 0.05) is 33.0 Å². The van der Waals surface area contributed by atoms with Crippen molar-refractivity contribution < 1.29 is 32.9 Å². The Balaban J connectivity index is 2.11. The highest BCUT2D eigenvalue weighted by Crippen LogP contribution is 2.54. The van der Waals surface area contributed by atoms with Crippen LogP contribution < -0.4 is 9.47 Å². The first kappa shape index (κ1) is 18.4. The molecule has 1 fully saturated rings. The number of hydrogen-bond donors (Lipinski definition) is 1. The van der Waals surface area contributed by atoms with Gasteiger partial charge in [-0.1, -0.05) is 6.07 Å². The number of alkyl halides is 2. The predicted molar refractivity (Wildman–Crippen MR) is 82.9 cm³/mol. The molecule has 1 aromatic rings. The highest BCUT2D eigenvalue weighted by atomic mass is 19.3. The summed E-state index contributed by atoms with van der Waals surface area (Å²) in [5.41, 5.74) is -0.777. The third-order valence-corrected chi connectivity index (χ3v) is 4.17. The summed E-state index contributed by atoms with van der Waals surface area (Å²) >= 11 is 0. The van der Waals surface area contributed by atoms with Gasteiger partial charge in [0.1, 0.15) is 0 Å². The predicted octanol–water partition coefficient (Wildman–Crippen LogP) is 3.15. The number of halogens is 2. The summed E-state index contributed by atoms with van der Waals surface area (Å²) in [5, 5.41) is 9.34. The average Bonchev–Trinajstić information content (AvgIpc) is 2.49. The molecule has 0 saturated heterocycles. The van der Waals surface area contributed by atoms with Gasteiger partial charge < -0.3 is 19.3 Å². The van der Waals surface area contributed by atoms with Gasteiger partial charge in [0.05, 0.1) is 19.1 Å². The lowest BCUT2D eigenvalue weighted by Gasteiger charge is -2.44. The van der Waals surface area contributed by atoms with E-state index in [1.165, 1.54) is 7.11 Å². The summed E-state index contributed by atoms with van der Waals surface area (Å²) in [6.07, 6.45) is -0.539. The summed E-state index contributed by atoms with van der Waals surface area (Å²) < 4.78 is 42.2. The molecule has 1 aliphatic carbocycles. The van der Waals surface area contributed by atoms with E-state index < -0.39 is 30.1 Å². The summed E-state index contributed by atoms with van der Waals surface area (Å²) in [6, 6.07) is 5.00. The molecule has 1 saturated carbocycles. The molecule has 0 amide bonds. The van der Waals surface area contributed by atoms with Crippen molar-refractivity contribution >= 4 is 5.97 Å². The zero-order chi connectivity index (χ0) is 17.8. The van der Waals surface area contributed by atoms with Gasteiger partial charge in [0.25, 0.3) is 0 Å². The van der Waals surface area contributed by atoms with Crippen LogP contribution in [0.25, 0.3) is 0 Å². The highest BCUT2D eigenvalue weighted by Gasteiger charge is 2.60. The Hall–Kier alpha value is -1.89. The van der Waals surface area contributed by atoms with E-state index in [0.717, 1.165) is 0 Å². The van der Waals surface area contributed by atoms with Crippen LogP contribution in [0, 0.1) is 5.41 Å². The lowest BCUT2D eigenvalue weighted by Crippen LogP contribution is -2.52. The standard InChI is InChI=1S/C17H22F2O5/c1-22-6-3-7-24-14-8-12(4-5-13(14)23-2)9-16(15(20)21)10-17(18,19)11-16/h4-5,8H,3,6-7,9-11H2,1-2H3,(H,20,21). The van der Waals surface area contributed by atoms with Crippen LogP contribution in [-0.4, -0.2) is 44.4 Å². The van der Waals surface area contributed by atoms with Crippen LogP contribution in [-0.2, 0) is 16.0 Å². The normalized spacial score (nSPS) is 17.8. The van der Waals surface area contributed by atoms with E-state index >= 15 is 0 Å². The maximum absolute atomic E-state index is 13.2.